The fraction of sp³-hybridized carbons (Fsp3) is 0.600. The van der Waals surface area contributed by atoms with Crippen LogP contribution in [0.1, 0.15) is 12.8 Å². The molecule has 128 valence electrons. The van der Waals surface area contributed by atoms with Gasteiger partial charge in [0.1, 0.15) is 0 Å². The van der Waals surface area contributed by atoms with E-state index in [0.717, 1.165) is 25.1 Å². The lowest BCUT2D eigenvalue weighted by Gasteiger charge is -2.26. The Labute approximate surface area is 136 Å². The van der Waals surface area contributed by atoms with Gasteiger partial charge < -0.3 is 20.5 Å². The molecule has 0 saturated carbocycles. The molecule has 0 radical (unpaired) electrons. The van der Waals surface area contributed by atoms with E-state index < -0.39 is 10.0 Å². The van der Waals surface area contributed by atoms with Gasteiger partial charge in [-0.3, -0.25) is 0 Å². The van der Waals surface area contributed by atoms with Gasteiger partial charge >= 0.3 is 0 Å². The Morgan fingerprint density at radius 3 is 2.70 bits per heavy atom. The van der Waals surface area contributed by atoms with Crippen molar-refractivity contribution in [3.63, 3.8) is 0 Å². The first-order valence-electron chi connectivity index (χ1n) is 7.90. The maximum atomic E-state index is 12.6. The molecule has 0 amide bonds. The summed E-state index contributed by atoms with van der Waals surface area (Å²) < 4.78 is 37.4. The Kier molecular flexibility index (Phi) is 5.05. The highest BCUT2D eigenvalue weighted by atomic mass is 32.2. The van der Waals surface area contributed by atoms with Crippen LogP contribution < -0.4 is 11.1 Å². The van der Waals surface area contributed by atoms with Crippen molar-refractivity contribution in [3.05, 3.63) is 18.2 Å². The van der Waals surface area contributed by atoms with Crippen LogP contribution in [0.4, 0.5) is 11.4 Å². The molecule has 1 aromatic rings. The molecule has 0 aliphatic carbocycles. The minimum atomic E-state index is -3.51. The van der Waals surface area contributed by atoms with Gasteiger partial charge in [0.25, 0.3) is 0 Å². The van der Waals surface area contributed by atoms with E-state index in [4.69, 9.17) is 15.2 Å². The average molecular weight is 341 g/mol. The number of hydrogen-bond donors (Lipinski definition) is 2. The van der Waals surface area contributed by atoms with Gasteiger partial charge in [-0.2, -0.15) is 4.31 Å². The molecule has 23 heavy (non-hydrogen) atoms. The van der Waals surface area contributed by atoms with Gasteiger partial charge in [-0.05, 0) is 31.0 Å². The van der Waals surface area contributed by atoms with Crippen LogP contribution in [-0.2, 0) is 19.5 Å². The minimum absolute atomic E-state index is 0.200. The number of sulfonamides is 1. The Balaban J connectivity index is 1.70. The van der Waals surface area contributed by atoms with Gasteiger partial charge in [0, 0.05) is 26.2 Å². The van der Waals surface area contributed by atoms with E-state index in [1.807, 2.05) is 0 Å². The number of benzene rings is 1. The first-order valence-corrected chi connectivity index (χ1v) is 9.34. The molecule has 3 N–H and O–H groups in total. The summed E-state index contributed by atoms with van der Waals surface area (Å²) in [5, 5.41) is 3.23. The number of ether oxygens (including phenoxy) is 2. The Hall–Kier alpha value is -1.35. The van der Waals surface area contributed by atoms with Crippen LogP contribution in [-0.4, -0.2) is 58.3 Å². The molecule has 2 aliphatic rings. The van der Waals surface area contributed by atoms with Gasteiger partial charge in [-0.15, -0.1) is 0 Å². The van der Waals surface area contributed by atoms with Gasteiger partial charge in [-0.25, -0.2) is 8.42 Å². The molecule has 0 unspecified atom stereocenters. The molecule has 8 heteroatoms. The van der Waals surface area contributed by atoms with E-state index in [1.54, 1.807) is 12.1 Å². The normalized spacial score (nSPS) is 23.0. The van der Waals surface area contributed by atoms with Crippen molar-refractivity contribution in [3.8, 4) is 0 Å². The monoisotopic (exact) mass is 341 g/mol. The summed E-state index contributed by atoms with van der Waals surface area (Å²) in [6.45, 7) is 3.09. The summed E-state index contributed by atoms with van der Waals surface area (Å²) in [6.07, 6.45) is 2.32. The number of morpholine rings is 1. The van der Waals surface area contributed by atoms with Crippen molar-refractivity contribution < 1.29 is 17.9 Å². The highest BCUT2D eigenvalue weighted by Gasteiger charge is 2.26. The third kappa shape index (κ3) is 3.77. The largest absolute Gasteiger partial charge is 0.397 e. The summed E-state index contributed by atoms with van der Waals surface area (Å²) in [4.78, 5) is 0.222. The molecule has 7 nitrogen and oxygen atoms in total. The lowest BCUT2D eigenvalue weighted by Crippen LogP contribution is -2.40. The van der Waals surface area contributed by atoms with Crippen LogP contribution in [0.5, 0.6) is 0 Å². The fourth-order valence-electron chi connectivity index (χ4n) is 2.83. The van der Waals surface area contributed by atoms with Gasteiger partial charge in [-0.1, -0.05) is 0 Å². The van der Waals surface area contributed by atoms with Crippen molar-refractivity contribution in [1.82, 2.24) is 4.31 Å². The van der Waals surface area contributed by atoms with Crippen LogP contribution in [0.15, 0.2) is 23.1 Å². The molecule has 3 rings (SSSR count). The smallest absolute Gasteiger partial charge is 0.243 e. The fourth-order valence-corrected chi connectivity index (χ4v) is 4.27. The third-order valence-corrected chi connectivity index (χ3v) is 6.07. The Bertz CT molecular complexity index is 638. The number of nitrogens with one attached hydrogen (secondary N) is 1. The van der Waals surface area contributed by atoms with Crippen molar-refractivity contribution >= 4 is 21.4 Å². The van der Waals surface area contributed by atoms with Gasteiger partial charge in [0.15, 0.2) is 0 Å². The molecule has 1 aromatic carbocycles. The van der Waals surface area contributed by atoms with Crippen molar-refractivity contribution in [2.24, 2.45) is 0 Å². The summed E-state index contributed by atoms with van der Waals surface area (Å²) in [6, 6.07) is 4.83. The summed E-state index contributed by atoms with van der Waals surface area (Å²) >= 11 is 0. The first kappa shape index (κ1) is 16.5. The van der Waals surface area contributed by atoms with Crippen LogP contribution in [0.2, 0.25) is 0 Å². The zero-order chi connectivity index (χ0) is 16.3. The minimum Gasteiger partial charge on any atom is -0.397 e. The summed E-state index contributed by atoms with van der Waals surface area (Å²) in [7, 11) is -3.51. The topological polar surface area (TPSA) is 93.9 Å². The SMILES string of the molecule is Nc1cc(S(=O)(=O)N2CCOCC2)ccc1NC[C@@H]1CCCO1. The van der Waals surface area contributed by atoms with E-state index in [-0.39, 0.29) is 11.0 Å². The molecule has 2 aliphatic heterocycles. The molecule has 1 atom stereocenters. The van der Waals surface area contributed by atoms with Crippen LogP contribution >= 0.6 is 0 Å². The van der Waals surface area contributed by atoms with Crippen LogP contribution in [0.3, 0.4) is 0 Å². The predicted octanol–water partition coefficient (Wildman–Crippen LogP) is 0.881. The second kappa shape index (κ2) is 7.04. The molecular weight excluding hydrogens is 318 g/mol. The van der Waals surface area contributed by atoms with E-state index >= 15 is 0 Å². The molecule has 0 bridgehead atoms. The van der Waals surface area contributed by atoms with Crippen molar-refractivity contribution in [2.45, 2.75) is 23.8 Å². The summed E-state index contributed by atoms with van der Waals surface area (Å²) in [5.74, 6) is 0. The average Bonchev–Trinajstić information content (AvgIpc) is 3.08. The van der Waals surface area contributed by atoms with E-state index in [2.05, 4.69) is 5.32 Å². The number of nitrogens with zero attached hydrogens (tertiary/aromatic N) is 1. The number of nitrogen functional groups attached to an aromatic ring is 1. The number of anilines is 2. The molecular formula is C15H23N3O4S. The first-order chi connectivity index (χ1) is 11.1. The standard InChI is InChI=1S/C15H23N3O4S/c16-14-10-13(23(19,20)18-5-8-21-9-6-18)3-4-15(14)17-11-12-2-1-7-22-12/h3-4,10,12,17H,1-2,5-9,11,16H2/t12-/m0/s1. The quantitative estimate of drug-likeness (QED) is 0.772. The third-order valence-electron chi connectivity index (χ3n) is 4.18. The number of nitrogens with two attached hydrogens (primary N) is 1. The number of hydrogen-bond acceptors (Lipinski definition) is 6. The van der Waals surface area contributed by atoms with Gasteiger partial charge in [0.05, 0.1) is 35.6 Å². The van der Waals surface area contributed by atoms with Crippen LogP contribution in [0, 0.1) is 0 Å². The zero-order valence-corrected chi connectivity index (χ0v) is 13.8. The van der Waals surface area contributed by atoms with Gasteiger partial charge in [0.2, 0.25) is 10.0 Å². The van der Waals surface area contributed by atoms with E-state index in [1.165, 1.54) is 10.4 Å². The highest BCUT2D eigenvalue weighted by Crippen LogP contribution is 2.25. The molecule has 2 fully saturated rings. The Morgan fingerprint density at radius 2 is 2.04 bits per heavy atom. The second-order valence-electron chi connectivity index (χ2n) is 5.78. The molecule has 2 saturated heterocycles. The maximum Gasteiger partial charge on any atom is 0.243 e. The molecule has 2 heterocycles. The van der Waals surface area contributed by atoms with Crippen molar-refractivity contribution in [1.29, 1.82) is 0 Å². The molecule has 0 aromatic heterocycles. The zero-order valence-electron chi connectivity index (χ0n) is 13.0. The lowest BCUT2D eigenvalue weighted by atomic mass is 10.2. The summed E-state index contributed by atoms with van der Waals surface area (Å²) in [5.41, 5.74) is 7.19. The Morgan fingerprint density at radius 1 is 1.26 bits per heavy atom. The second-order valence-corrected chi connectivity index (χ2v) is 7.72. The predicted molar refractivity (Wildman–Crippen MR) is 87.9 cm³/mol. The van der Waals surface area contributed by atoms with E-state index in [0.29, 0.717) is 38.5 Å². The van der Waals surface area contributed by atoms with Crippen LogP contribution in [0.25, 0.3) is 0 Å². The molecule has 0 spiro atoms. The lowest BCUT2D eigenvalue weighted by molar-refractivity contribution is 0.0730. The van der Waals surface area contributed by atoms with Crippen molar-refractivity contribution in [2.75, 3.05) is 50.5 Å². The van der Waals surface area contributed by atoms with E-state index in [9.17, 15) is 8.42 Å². The number of rotatable bonds is 5. The highest BCUT2D eigenvalue weighted by molar-refractivity contribution is 7.89. The maximum absolute atomic E-state index is 12.6.